The summed E-state index contributed by atoms with van der Waals surface area (Å²) in [5.74, 6) is -2.75. The van der Waals surface area contributed by atoms with Gasteiger partial charge < -0.3 is 20.6 Å². The first-order valence-corrected chi connectivity index (χ1v) is 5.69. The van der Waals surface area contributed by atoms with E-state index in [2.05, 4.69) is 5.32 Å². The van der Waals surface area contributed by atoms with Gasteiger partial charge in [0.15, 0.2) is 17.2 Å². The zero-order chi connectivity index (χ0) is 15.6. The molecule has 0 aliphatic carbocycles. The highest BCUT2D eigenvalue weighted by atomic mass is 16.6. The van der Waals surface area contributed by atoms with Gasteiger partial charge >= 0.3 is 0 Å². The summed E-state index contributed by atoms with van der Waals surface area (Å²) in [5.41, 5.74) is -0.125. The number of carbonyl (C=O) groups excluding carboxylic acids is 1. The molecule has 108 valence electrons. The smallest absolute Gasteiger partial charge is 0.271 e. The predicted molar refractivity (Wildman–Crippen MR) is 72.5 cm³/mol. The van der Waals surface area contributed by atoms with Crippen molar-refractivity contribution in [3.63, 3.8) is 0 Å². The normalized spacial score (nSPS) is 10.1. The van der Waals surface area contributed by atoms with E-state index in [9.17, 15) is 30.2 Å². The molecule has 2 aromatic carbocycles. The number of anilines is 1. The molecule has 0 bridgehead atoms. The van der Waals surface area contributed by atoms with Crippen molar-refractivity contribution in [3.8, 4) is 17.2 Å². The lowest BCUT2D eigenvalue weighted by Gasteiger charge is -2.07. The van der Waals surface area contributed by atoms with Crippen molar-refractivity contribution in [2.75, 3.05) is 5.32 Å². The minimum Gasteiger partial charge on any atom is -0.504 e. The number of nitro groups is 1. The van der Waals surface area contributed by atoms with Crippen LogP contribution in [0.3, 0.4) is 0 Å². The molecule has 4 N–H and O–H groups in total. The second kappa shape index (κ2) is 5.37. The number of benzene rings is 2. The maximum atomic E-state index is 11.9. The Kier molecular flexibility index (Phi) is 3.61. The van der Waals surface area contributed by atoms with E-state index >= 15 is 0 Å². The molecule has 0 heterocycles. The van der Waals surface area contributed by atoms with Crippen molar-refractivity contribution in [1.29, 1.82) is 0 Å². The third kappa shape index (κ3) is 3.00. The van der Waals surface area contributed by atoms with E-state index in [0.29, 0.717) is 0 Å². The van der Waals surface area contributed by atoms with Gasteiger partial charge in [-0.3, -0.25) is 14.9 Å². The number of nitrogens with zero attached hydrogens (tertiary/aromatic N) is 1. The quantitative estimate of drug-likeness (QED) is 0.388. The molecule has 0 aromatic heterocycles. The fraction of sp³-hybridized carbons (Fsp3) is 0. The van der Waals surface area contributed by atoms with Gasteiger partial charge in [-0.15, -0.1) is 0 Å². The molecule has 21 heavy (non-hydrogen) atoms. The summed E-state index contributed by atoms with van der Waals surface area (Å²) < 4.78 is 0. The SMILES string of the molecule is O=C(Nc1cccc([N+](=O)[O-])c1)c1cc(O)c(O)c(O)c1. The summed E-state index contributed by atoms with van der Waals surface area (Å²) in [4.78, 5) is 22.0. The Hall–Kier alpha value is -3.29. The minimum absolute atomic E-state index is 0.116. The van der Waals surface area contributed by atoms with Gasteiger partial charge in [-0.2, -0.15) is 0 Å². The molecule has 2 rings (SSSR count). The second-order valence-corrected chi connectivity index (χ2v) is 4.12. The van der Waals surface area contributed by atoms with Crippen LogP contribution in [0, 0.1) is 10.1 Å². The number of phenols is 3. The molecule has 1 amide bonds. The first kappa shape index (κ1) is 14.1. The van der Waals surface area contributed by atoms with Crippen LogP contribution >= 0.6 is 0 Å². The Labute approximate surface area is 118 Å². The van der Waals surface area contributed by atoms with Crippen molar-refractivity contribution in [2.45, 2.75) is 0 Å². The van der Waals surface area contributed by atoms with Crippen molar-refractivity contribution < 1.29 is 25.0 Å². The summed E-state index contributed by atoms with van der Waals surface area (Å²) >= 11 is 0. The largest absolute Gasteiger partial charge is 0.504 e. The zero-order valence-corrected chi connectivity index (χ0v) is 10.5. The molecule has 0 atom stereocenters. The van der Waals surface area contributed by atoms with Gasteiger partial charge in [-0.25, -0.2) is 0 Å². The van der Waals surface area contributed by atoms with Crippen molar-refractivity contribution in [2.24, 2.45) is 0 Å². The topological polar surface area (TPSA) is 133 Å². The number of aromatic hydroxyl groups is 3. The van der Waals surface area contributed by atoms with Crippen LogP contribution in [-0.4, -0.2) is 26.2 Å². The van der Waals surface area contributed by atoms with E-state index in [4.69, 9.17) is 0 Å². The first-order valence-electron chi connectivity index (χ1n) is 5.69. The fourth-order valence-corrected chi connectivity index (χ4v) is 1.64. The average Bonchev–Trinajstić information content (AvgIpc) is 2.44. The average molecular weight is 290 g/mol. The summed E-state index contributed by atoms with van der Waals surface area (Å²) in [6, 6.07) is 7.21. The van der Waals surface area contributed by atoms with E-state index in [-0.39, 0.29) is 16.9 Å². The number of amides is 1. The minimum atomic E-state index is -0.734. The van der Waals surface area contributed by atoms with E-state index in [0.717, 1.165) is 18.2 Å². The van der Waals surface area contributed by atoms with E-state index in [1.54, 1.807) is 0 Å². The number of nitrogens with one attached hydrogen (secondary N) is 1. The van der Waals surface area contributed by atoms with Gasteiger partial charge in [-0.05, 0) is 18.2 Å². The lowest BCUT2D eigenvalue weighted by atomic mass is 10.1. The van der Waals surface area contributed by atoms with Gasteiger partial charge in [0.05, 0.1) is 4.92 Å². The van der Waals surface area contributed by atoms with E-state index in [1.807, 2.05) is 0 Å². The Balaban J connectivity index is 2.26. The fourth-order valence-electron chi connectivity index (χ4n) is 1.64. The maximum absolute atomic E-state index is 11.9. The predicted octanol–water partition coefficient (Wildman–Crippen LogP) is 1.96. The molecule has 0 spiro atoms. The lowest BCUT2D eigenvalue weighted by Crippen LogP contribution is -2.11. The third-order valence-electron chi connectivity index (χ3n) is 2.65. The molecular formula is C13H10N2O6. The Morgan fingerprint density at radius 2 is 1.71 bits per heavy atom. The Bertz CT molecular complexity index is 705. The maximum Gasteiger partial charge on any atom is 0.271 e. The van der Waals surface area contributed by atoms with Crippen LogP contribution in [0.5, 0.6) is 17.2 Å². The molecule has 0 saturated carbocycles. The highest BCUT2D eigenvalue weighted by Crippen LogP contribution is 2.35. The standard InChI is InChI=1S/C13H10N2O6/c16-10-4-7(5-11(17)12(10)18)13(19)14-8-2-1-3-9(6-8)15(20)21/h1-6,16-18H,(H,14,19). The van der Waals surface area contributed by atoms with Crippen LogP contribution in [0.25, 0.3) is 0 Å². The molecule has 8 nitrogen and oxygen atoms in total. The molecule has 2 aromatic rings. The van der Waals surface area contributed by atoms with Crippen LogP contribution in [0.15, 0.2) is 36.4 Å². The number of hydrogen-bond donors (Lipinski definition) is 4. The molecular weight excluding hydrogens is 280 g/mol. The van der Waals surface area contributed by atoms with E-state index in [1.165, 1.54) is 18.2 Å². The molecule has 0 unspecified atom stereocenters. The first-order chi connectivity index (χ1) is 9.88. The van der Waals surface area contributed by atoms with Crippen LogP contribution in [-0.2, 0) is 0 Å². The Morgan fingerprint density at radius 3 is 2.29 bits per heavy atom. The van der Waals surface area contributed by atoms with Crippen molar-refractivity contribution >= 4 is 17.3 Å². The number of nitro benzene ring substituents is 1. The molecule has 0 radical (unpaired) electrons. The third-order valence-corrected chi connectivity index (χ3v) is 2.65. The summed E-state index contributed by atoms with van der Waals surface area (Å²) in [7, 11) is 0. The molecule has 0 fully saturated rings. The molecule has 0 saturated heterocycles. The molecule has 0 aliphatic rings. The highest BCUT2D eigenvalue weighted by Gasteiger charge is 2.14. The van der Waals surface area contributed by atoms with Gasteiger partial charge in [-0.1, -0.05) is 6.07 Å². The van der Waals surface area contributed by atoms with Crippen LogP contribution < -0.4 is 5.32 Å². The lowest BCUT2D eigenvalue weighted by molar-refractivity contribution is -0.384. The van der Waals surface area contributed by atoms with Gasteiger partial charge in [0, 0.05) is 23.4 Å². The van der Waals surface area contributed by atoms with Crippen LogP contribution in [0.4, 0.5) is 11.4 Å². The van der Waals surface area contributed by atoms with Crippen molar-refractivity contribution in [3.05, 3.63) is 52.1 Å². The zero-order valence-electron chi connectivity index (χ0n) is 10.5. The second-order valence-electron chi connectivity index (χ2n) is 4.12. The number of non-ortho nitro benzene ring substituents is 1. The van der Waals surface area contributed by atoms with E-state index < -0.39 is 28.1 Å². The summed E-state index contributed by atoms with van der Waals surface area (Å²) in [6.07, 6.45) is 0. The Morgan fingerprint density at radius 1 is 1.10 bits per heavy atom. The van der Waals surface area contributed by atoms with Gasteiger partial charge in [0.2, 0.25) is 0 Å². The summed E-state index contributed by atoms with van der Waals surface area (Å²) in [6.45, 7) is 0. The number of rotatable bonds is 3. The number of phenolic OH excluding ortho intramolecular Hbond substituents is 3. The van der Waals surface area contributed by atoms with Gasteiger partial charge in [0.1, 0.15) is 0 Å². The van der Waals surface area contributed by atoms with Crippen LogP contribution in [0.2, 0.25) is 0 Å². The number of hydrogen-bond acceptors (Lipinski definition) is 6. The monoisotopic (exact) mass is 290 g/mol. The van der Waals surface area contributed by atoms with Gasteiger partial charge in [0.25, 0.3) is 11.6 Å². The van der Waals surface area contributed by atoms with Crippen LogP contribution in [0.1, 0.15) is 10.4 Å². The van der Waals surface area contributed by atoms with Crippen molar-refractivity contribution in [1.82, 2.24) is 0 Å². The summed E-state index contributed by atoms with van der Waals surface area (Å²) in [5, 5.41) is 40.9. The molecule has 8 heteroatoms. The molecule has 0 aliphatic heterocycles. The highest BCUT2D eigenvalue weighted by molar-refractivity contribution is 6.05. The number of carbonyl (C=O) groups is 1.